The molecule has 0 saturated carbocycles. The van der Waals surface area contributed by atoms with Gasteiger partial charge in [0.25, 0.3) is 0 Å². The molecule has 2 nitrogen and oxygen atoms in total. The van der Waals surface area contributed by atoms with E-state index in [4.69, 9.17) is 0 Å². The molecule has 1 heterocycles. The topological polar surface area (TPSA) is 24.1 Å². The summed E-state index contributed by atoms with van der Waals surface area (Å²) in [6, 6.07) is 2.22. The molecule has 0 aliphatic heterocycles. The van der Waals surface area contributed by atoms with Gasteiger partial charge in [0.05, 0.1) is 0 Å². The lowest BCUT2D eigenvalue weighted by Gasteiger charge is -2.23. The average molecular weight is 305 g/mol. The Morgan fingerprint density at radius 2 is 2.00 bits per heavy atom. The van der Waals surface area contributed by atoms with Gasteiger partial charge in [0.2, 0.25) is 0 Å². The third-order valence-corrected chi connectivity index (χ3v) is 4.59. The number of thiophene rings is 1. The van der Waals surface area contributed by atoms with Gasteiger partial charge < -0.3 is 10.6 Å². The van der Waals surface area contributed by atoms with Crippen molar-refractivity contribution in [2.24, 2.45) is 0 Å². The summed E-state index contributed by atoms with van der Waals surface area (Å²) in [5, 5.41) is 8.96. The fourth-order valence-corrected chi connectivity index (χ4v) is 3.06. The first-order valence-corrected chi connectivity index (χ1v) is 7.39. The average Bonchev–Trinajstić information content (AvgIpc) is 2.65. The second-order valence-corrected chi connectivity index (χ2v) is 6.37. The minimum absolute atomic E-state index is 0.211. The molecule has 0 fully saturated rings. The minimum atomic E-state index is 0.211. The van der Waals surface area contributed by atoms with Crippen LogP contribution in [0.4, 0.5) is 0 Å². The summed E-state index contributed by atoms with van der Waals surface area (Å²) >= 11 is 5.33. The van der Waals surface area contributed by atoms with Crippen LogP contribution < -0.4 is 10.6 Å². The molecule has 0 radical (unpaired) electrons. The Bertz CT molecular complexity index is 310. The Morgan fingerprint density at radius 1 is 1.31 bits per heavy atom. The maximum absolute atomic E-state index is 3.51. The Morgan fingerprint density at radius 3 is 2.56 bits per heavy atom. The zero-order valence-corrected chi connectivity index (χ0v) is 12.7. The summed E-state index contributed by atoms with van der Waals surface area (Å²) in [4.78, 5) is 1.43. The van der Waals surface area contributed by atoms with E-state index in [2.05, 4.69) is 58.8 Å². The molecule has 1 aromatic rings. The quantitative estimate of drug-likeness (QED) is 0.757. The highest BCUT2D eigenvalue weighted by atomic mass is 79.9. The Labute approximate surface area is 111 Å². The molecule has 0 aliphatic carbocycles. The van der Waals surface area contributed by atoms with E-state index in [-0.39, 0.29) is 5.41 Å². The highest BCUT2D eigenvalue weighted by molar-refractivity contribution is 9.10. The van der Waals surface area contributed by atoms with Crippen LogP contribution in [0.1, 0.15) is 25.6 Å². The van der Waals surface area contributed by atoms with Gasteiger partial charge in [0, 0.05) is 39.8 Å². The number of rotatable bonds is 7. The van der Waals surface area contributed by atoms with E-state index < -0.39 is 0 Å². The largest absolute Gasteiger partial charge is 0.316 e. The number of hydrogen-bond acceptors (Lipinski definition) is 3. The van der Waals surface area contributed by atoms with Gasteiger partial charge in [-0.1, -0.05) is 20.8 Å². The van der Waals surface area contributed by atoms with Gasteiger partial charge in [0.15, 0.2) is 0 Å². The van der Waals surface area contributed by atoms with Crippen LogP contribution in [-0.4, -0.2) is 26.2 Å². The van der Waals surface area contributed by atoms with E-state index in [0.717, 1.165) is 26.2 Å². The van der Waals surface area contributed by atoms with Crippen molar-refractivity contribution < 1.29 is 0 Å². The Kier molecular flexibility index (Phi) is 5.97. The van der Waals surface area contributed by atoms with Gasteiger partial charge in [-0.05, 0) is 28.5 Å². The normalized spacial score (nSPS) is 12.0. The zero-order chi connectivity index (χ0) is 12.0. The van der Waals surface area contributed by atoms with Gasteiger partial charge in [-0.3, -0.25) is 0 Å². The van der Waals surface area contributed by atoms with Gasteiger partial charge in [-0.2, -0.15) is 0 Å². The third-order valence-electron chi connectivity index (χ3n) is 2.53. The third kappa shape index (κ3) is 4.53. The van der Waals surface area contributed by atoms with Crippen molar-refractivity contribution in [1.82, 2.24) is 10.6 Å². The highest BCUT2D eigenvalue weighted by Gasteiger charge is 2.21. The molecule has 0 amide bonds. The van der Waals surface area contributed by atoms with Crippen LogP contribution in [0.3, 0.4) is 0 Å². The first-order chi connectivity index (χ1) is 7.56. The molecule has 92 valence electrons. The van der Waals surface area contributed by atoms with Crippen LogP contribution in [0.2, 0.25) is 0 Å². The molecule has 4 heteroatoms. The predicted molar refractivity (Wildman–Crippen MR) is 76.5 cm³/mol. The van der Waals surface area contributed by atoms with Crippen molar-refractivity contribution in [2.45, 2.75) is 26.2 Å². The second kappa shape index (κ2) is 6.74. The van der Waals surface area contributed by atoms with E-state index >= 15 is 0 Å². The minimum Gasteiger partial charge on any atom is -0.316 e. The Hall–Kier alpha value is 0.1000. The summed E-state index contributed by atoms with van der Waals surface area (Å²) in [6.45, 7) is 10.8. The lowest BCUT2D eigenvalue weighted by atomic mass is 9.91. The molecular weight excluding hydrogens is 284 g/mol. The van der Waals surface area contributed by atoms with Gasteiger partial charge in [0.1, 0.15) is 0 Å². The predicted octanol–water partition coefficient (Wildman–Crippen LogP) is 2.99. The zero-order valence-electron chi connectivity index (χ0n) is 10.3. The maximum atomic E-state index is 3.51. The van der Waals surface area contributed by atoms with Crippen LogP contribution in [-0.2, 0) is 5.41 Å². The SMILES string of the molecule is CCNCCNCC(C)(C)c1cc(Br)cs1. The first-order valence-electron chi connectivity index (χ1n) is 5.72. The summed E-state index contributed by atoms with van der Waals surface area (Å²) in [7, 11) is 0. The smallest absolute Gasteiger partial charge is 0.0285 e. The van der Waals surface area contributed by atoms with Crippen molar-refractivity contribution >= 4 is 27.3 Å². The van der Waals surface area contributed by atoms with E-state index in [1.54, 1.807) is 0 Å². The Balaban J connectivity index is 2.34. The number of nitrogens with one attached hydrogen (secondary N) is 2. The molecule has 0 aliphatic rings. The second-order valence-electron chi connectivity index (χ2n) is 4.54. The van der Waals surface area contributed by atoms with Crippen LogP contribution in [0, 0.1) is 0 Å². The van der Waals surface area contributed by atoms with Crippen LogP contribution in [0.15, 0.2) is 15.9 Å². The van der Waals surface area contributed by atoms with Crippen molar-refractivity contribution in [3.63, 3.8) is 0 Å². The standard InChI is InChI=1S/C12H21BrN2S/c1-4-14-5-6-15-9-12(2,3)11-7-10(13)8-16-11/h7-8,14-15H,4-6,9H2,1-3H3. The van der Waals surface area contributed by atoms with Crippen LogP contribution in [0.5, 0.6) is 0 Å². The van der Waals surface area contributed by atoms with Crippen LogP contribution >= 0.6 is 27.3 Å². The van der Waals surface area contributed by atoms with Crippen molar-refractivity contribution in [3.05, 3.63) is 20.8 Å². The molecule has 1 aromatic heterocycles. The molecule has 0 bridgehead atoms. The molecular formula is C12H21BrN2S. The van der Waals surface area contributed by atoms with E-state index in [0.29, 0.717) is 0 Å². The molecule has 2 N–H and O–H groups in total. The molecule has 0 aromatic carbocycles. The fraction of sp³-hybridized carbons (Fsp3) is 0.667. The number of halogens is 1. The molecule has 0 spiro atoms. The molecule has 0 atom stereocenters. The van der Waals surface area contributed by atoms with E-state index in [1.807, 2.05) is 11.3 Å². The van der Waals surface area contributed by atoms with Crippen molar-refractivity contribution in [2.75, 3.05) is 26.2 Å². The molecule has 0 unspecified atom stereocenters. The van der Waals surface area contributed by atoms with Gasteiger partial charge >= 0.3 is 0 Å². The maximum Gasteiger partial charge on any atom is 0.0285 e. The summed E-state index contributed by atoms with van der Waals surface area (Å²) in [6.07, 6.45) is 0. The summed E-state index contributed by atoms with van der Waals surface area (Å²) in [5.41, 5.74) is 0.211. The van der Waals surface area contributed by atoms with Crippen molar-refractivity contribution in [3.8, 4) is 0 Å². The van der Waals surface area contributed by atoms with Crippen LogP contribution in [0.25, 0.3) is 0 Å². The van der Waals surface area contributed by atoms with Gasteiger partial charge in [-0.25, -0.2) is 0 Å². The van der Waals surface area contributed by atoms with Gasteiger partial charge in [-0.15, -0.1) is 11.3 Å². The molecule has 1 rings (SSSR count). The lowest BCUT2D eigenvalue weighted by Crippen LogP contribution is -2.36. The fourth-order valence-electron chi connectivity index (χ4n) is 1.51. The van der Waals surface area contributed by atoms with E-state index in [9.17, 15) is 0 Å². The van der Waals surface area contributed by atoms with E-state index in [1.165, 1.54) is 9.35 Å². The summed E-state index contributed by atoms with van der Waals surface area (Å²) in [5.74, 6) is 0. The monoisotopic (exact) mass is 304 g/mol. The number of hydrogen-bond donors (Lipinski definition) is 2. The first kappa shape index (κ1) is 14.2. The summed E-state index contributed by atoms with van der Waals surface area (Å²) < 4.78 is 1.19. The lowest BCUT2D eigenvalue weighted by molar-refractivity contribution is 0.473. The molecule has 16 heavy (non-hydrogen) atoms. The molecule has 0 saturated heterocycles. The van der Waals surface area contributed by atoms with Crippen molar-refractivity contribution in [1.29, 1.82) is 0 Å². The highest BCUT2D eigenvalue weighted by Crippen LogP contribution is 2.30. The number of likely N-dealkylation sites (N-methyl/N-ethyl adjacent to an activating group) is 1.